The summed E-state index contributed by atoms with van der Waals surface area (Å²) in [7, 11) is 0. The molecule has 0 aliphatic carbocycles. The lowest BCUT2D eigenvalue weighted by atomic mass is 9.89. The van der Waals surface area contributed by atoms with Crippen LogP contribution in [0.15, 0.2) is 12.2 Å². The van der Waals surface area contributed by atoms with Crippen LogP contribution in [0.4, 0.5) is 0 Å². The Bertz CT molecular complexity index is 261. The molecule has 2 atom stereocenters. The van der Waals surface area contributed by atoms with E-state index in [2.05, 4.69) is 39.8 Å². The summed E-state index contributed by atoms with van der Waals surface area (Å²) in [6.45, 7) is 9.25. The summed E-state index contributed by atoms with van der Waals surface area (Å²) in [6, 6.07) is 0. The van der Waals surface area contributed by atoms with Crippen LogP contribution in [0.3, 0.4) is 0 Å². The molecule has 1 saturated heterocycles. The smallest absolute Gasteiger partial charge is 0.0876 e. The molecule has 0 spiro atoms. The van der Waals surface area contributed by atoms with Gasteiger partial charge in [-0.3, -0.25) is 0 Å². The molecule has 0 N–H and O–H groups in total. The van der Waals surface area contributed by atoms with E-state index in [1.165, 1.54) is 57.8 Å². The minimum absolute atomic E-state index is 0.517. The van der Waals surface area contributed by atoms with E-state index in [0.29, 0.717) is 17.6 Å². The Hall–Kier alpha value is -0.300. The Morgan fingerprint density at radius 3 is 2.30 bits per heavy atom. The Labute approximate surface area is 127 Å². The molecule has 0 aromatic heterocycles. The zero-order chi connectivity index (χ0) is 14.8. The van der Waals surface area contributed by atoms with Crippen molar-refractivity contribution in [2.45, 2.75) is 104 Å². The van der Waals surface area contributed by atoms with Crippen molar-refractivity contribution in [3.8, 4) is 0 Å². The summed E-state index contributed by atoms with van der Waals surface area (Å²) in [6.07, 6.45) is 19.0. The molecule has 1 aliphatic rings. The van der Waals surface area contributed by atoms with Gasteiger partial charge in [0.2, 0.25) is 0 Å². The highest BCUT2D eigenvalue weighted by Gasteiger charge is 2.35. The van der Waals surface area contributed by atoms with Crippen molar-refractivity contribution >= 4 is 0 Å². The summed E-state index contributed by atoms with van der Waals surface area (Å²) in [5.41, 5.74) is 0.517. The summed E-state index contributed by atoms with van der Waals surface area (Å²) in [5, 5.41) is 0. The monoisotopic (exact) mass is 280 g/mol. The number of hydrogen-bond acceptors (Lipinski definition) is 1. The number of unbranched alkanes of at least 4 members (excludes halogenated alkanes) is 5. The van der Waals surface area contributed by atoms with Gasteiger partial charge in [-0.05, 0) is 37.5 Å². The topological polar surface area (TPSA) is 12.5 Å². The van der Waals surface area contributed by atoms with Crippen LogP contribution in [0.5, 0.6) is 0 Å². The van der Waals surface area contributed by atoms with Gasteiger partial charge in [-0.15, -0.1) is 0 Å². The second-order valence-corrected chi connectivity index (χ2v) is 7.58. The minimum Gasteiger partial charge on any atom is -0.369 e. The van der Waals surface area contributed by atoms with Gasteiger partial charge < -0.3 is 4.74 Å². The summed E-state index contributed by atoms with van der Waals surface area (Å²) < 4.78 is 5.61. The standard InChI is InChI=1S/C19H36O/c1-5-14-17-18(20-17)15-12-10-8-6-7-9-11-13-16-19(2,3)4/h10,12,17-18H,5-9,11,13-16H2,1-4H3. The van der Waals surface area contributed by atoms with E-state index in [-0.39, 0.29) is 0 Å². The summed E-state index contributed by atoms with van der Waals surface area (Å²) >= 11 is 0. The molecule has 0 amide bonds. The molecule has 0 saturated carbocycles. The van der Waals surface area contributed by atoms with E-state index in [9.17, 15) is 0 Å². The van der Waals surface area contributed by atoms with Gasteiger partial charge in [-0.25, -0.2) is 0 Å². The van der Waals surface area contributed by atoms with Crippen LogP contribution < -0.4 is 0 Å². The molecule has 1 aliphatic heterocycles. The SMILES string of the molecule is CCCC1OC1CC=CCCCCCCCC(C)(C)C. The highest BCUT2D eigenvalue weighted by molar-refractivity contribution is 4.93. The minimum atomic E-state index is 0.517. The largest absolute Gasteiger partial charge is 0.369 e. The fourth-order valence-corrected chi connectivity index (χ4v) is 2.72. The molecule has 0 aromatic carbocycles. The summed E-state index contributed by atoms with van der Waals surface area (Å²) in [4.78, 5) is 0. The number of epoxide rings is 1. The van der Waals surface area contributed by atoms with Crippen LogP contribution in [0.25, 0.3) is 0 Å². The van der Waals surface area contributed by atoms with E-state index in [1.807, 2.05) is 0 Å². The lowest BCUT2D eigenvalue weighted by Crippen LogP contribution is -2.03. The third-order valence-corrected chi connectivity index (χ3v) is 4.09. The average molecular weight is 280 g/mol. The van der Waals surface area contributed by atoms with E-state index in [0.717, 1.165) is 6.42 Å². The molecule has 0 aromatic rings. The lowest BCUT2D eigenvalue weighted by molar-refractivity contribution is 0.356. The number of allylic oxidation sites excluding steroid dienone is 1. The first-order chi connectivity index (χ1) is 9.53. The maximum absolute atomic E-state index is 5.61. The molecule has 2 unspecified atom stereocenters. The average Bonchev–Trinajstić information content (AvgIpc) is 3.09. The van der Waals surface area contributed by atoms with Crippen molar-refractivity contribution in [1.82, 2.24) is 0 Å². The van der Waals surface area contributed by atoms with Crippen molar-refractivity contribution in [3.63, 3.8) is 0 Å². The van der Waals surface area contributed by atoms with Crippen LogP contribution in [-0.4, -0.2) is 12.2 Å². The van der Waals surface area contributed by atoms with Crippen LogP contribution in [-0.2, 0) is 4.74 Å². The lowest BCUT2D eigenvalue weighted by Gasteiger charge is -2.17. The summed E-state index contributed by atoms with van der Waals surface area (Å²) in [5.74, 6) is 0. The fourth-order valence-electron chi connectivity index (χ4n) is 2.72. The Kier molecular flexibility index (Phi) is 8.52. The molecular formula is C19H36O. The van der Waals surface area contributed by atoms with Gasteiger partial charge >= 0.3 is 0 Å². The van der Waals surface area contributed by atoms with Gasteiger partial charge in [-0.2, -0.15) is 0 Å². The van der Waals surface area contributed by atoms with Crippen molar-refractivity contribution < 1.29 is 4.74 Å². The third-order valence-electron chi connectivity index (χ3n) is 4.09. The predicted molar refractivity (Wildman–Crippen MR) is 89.1 cm³/mol. The van der Waals surface area contributed by atoms with Crippen LogP contribution in [0.1, 0.15) is 91.9 Å². The Morgan fingerprint density at radius 2 is 1.60 bits per heavy atom. The zero-order valence-electron chi connectivity index (χ0n) is 14.3. The molecule has 0 bridgehead atoms. The first-order valence-electron chi connectivity index (χ1n) is 8.83. The molecule has 1 heterocycles. The van der Waals surface area contributed by atoms with Crippen molar-refractivity contribution in [2.24, 2.45) is 5.41 Å². The molecule has 20 heavy (non-hydrogen) atoms. The molecule has 1 rings (SSSR count). The zero-order valence-corrected chi connectivity index (χ0v) is 14.3. The molecule has 1 fully saturated rings. The van der Waals surface area contributed by atoms with E-state index in [1.54, 1.807) is 0 Å². The normalized spacial score (nSPS) is 22.6. The predicted octanol–water partition coefficient (Wildman–Crippen LogP) is 6.28. The van der Waals surface area contributed by atoms with Crippen molar-refractivity contribution in [2.75, 3.05) is 0 Å². The highest BCUT2D eigenvalue weighted by atomic mass is 16.6. The van der Waals surface area contributed by atoms with Gasteiger partial charge in [0.05, 0.1) is 12.2 Å². The molecule has 1 heteroatoms. The maximum atomic E-state index is 5.61. The van der Waals surface area contributed by atoms with Crippen LogP contribution >= 0.6 is 0 Å². The fraction of sp³-hybridized carbons (Fsp3) is 0.895. The van der Waals surface area contributed by atoms with E-state index < -0.39 is 0 Å². The van der Waals surface area contributed by atoms with Crippen molar-refractivity contribution in [1.29, 1.82) is 0 Å². The van der Waals surface area contributed by atoms with Gasteiger partial charge in [0.1, 0.15) is 0 Å². The first kappa shape index (κ1) is 17.8. The van der Waals surface area contributed by atoms with Gasteiger partial charge in [0.25, 0.3) is 0 Å². The van der Waals surface area contributed by atoms with Crippen molar-refractivity contribution in [3.05, 3.63) is 12.2 Å². The highest BCUT2D eigenvalue weighted by Crippen LogP contribution is 2.29. The van der Waals surface area contributed by atoms with Crippen LogP contribution in [0, 0.1) is 5.41 Å². The second kappa shape index (κ2) is 9.60. The number of ether oxygens (including phenoxy) is 1. The number of hydrogen-bond donors (Lipinski definition) is 0. The molecule has 0 radical (unpaired) electrons. The number of rotatable bonds is 11. The Balaban J connectivity index is 1.81. The first-order valence-corrected chi connectivity index (χ1v) is 8.83. The maximum Gasteiger partial charge on any atom is 0.0876 e. The molecule has 118 valence electrons. The second-order valence-electron chi connectivity index (χ2n) is 7.58. The molecule has 1 nitrogen and oxygen atoms in total. The molecular weight excluding hydrogens is 244 g/mol. The van der Waals surface area contributed by atoms with E-state index in [4.69, 9.17) is 4.74 Å². The van der Waals surface area contributed by atoms with Crippen LogP contribution in [0.2, 0.25) is 0 Å². The van der Waals surface area contributed by atoms with Gasteiger partial charge in [-0.1, -0.05) is 72.0 Å². The third kappa shape index (κ3) is 9.58. The van der Waals surface area contributed by atoms with Gasteiger partial charge in [0, 0.05) is 0 Å². The van der Waals surface area contributed by atoms with E-state index >= 15 is 0 Å². The van der Waals surface area contributed by atoms with Gasteiger partial charge in [0.15, 0.2) is 0 Å². The quantitative estimate of drug-likeness (QED) is 0.246. The Morgan fingerprint density at radius 1 is 0.900 bits per heavy atom.